The van der Waals surface area contributed by atoms with Crippen molar-refractivity contribution >= 4 is 23.0 Å². The Morgan fingerprint density at radius 3 is 2.43 bits per heavy atom. The molecule has 0 aliphatic carbocycles. The molecule has 0 unspecified atom stereocenters. The SMILES string of the molecule is O=C1Nc2ccccc2C1=CC(=O)c1cc(F)cc(F)c1. The van der Waals surface area contributed by atoms with Crippen LogP contribution in [0.2, 0.25) is 0 Å². The normalized spacial score (nSPS) is 15.0. The van der Waals surface area contributed by atoms with Crippen molar-refractivity contribution in [1.82, 2.24) is 0 Å². The molecule has 0 saturated carbocycles. The summed E-state index contributed by atoms with van der Waals surface area (Å²) in [6.07, 6.45) is 1.09. The van der Waals surface area contributed by atoms with Crippen LogP contribution >= 0.6 is 0 Å². The number of para-hydroxylation sites is 1. The summed E-state index contributed by atoms with van der Waals surface area (Å²) in [5.74, 6) is -2.72. The van der Waals surface area contributed by atoms with Crippen LogP contribution in [0.1, 0.15) is 15.9 Å². The zero-order chi connectivity index (χ0) is 15.0. The number of carbonyl (C=O) groups is 2. The van der Waals surface area contributed by atoms with Crippen LogP contribution in [0.25, 0.3) is 5.57 Å². The monoisotopic (exact) mass is 285 g/mol. The number of amides is 1. The van der Waals surface area contributed by atoms with Gasteiger partial charge in [-0.1, -0.05) is 18.2 Å². The Bertz CT molecular complexity index is 776. The summed E-state index contributed by atoms with van der Waals surface area (Å²) in [6.45, 7) is 0. The van der Waals surface area contributed by atoms with Crippen molar-refractivity contribution in [2.24, 2.45) is 0 Å². The topological polar surface area (TPSA) is 46.2 Å². The van der Waals surface area contributed by atoms with E-state index in [0.717, 1.165) is 18.2 Å². The Kier molecular flexibility index (Phi) is 3.10. The second-order valence-electron chi connectivity index (χ2n) is 4.58. The first-order valence-electron chi connectivity index (χ1n) is 6.17. The standard InChI is InChI=1S/C16H9F2NO2/c17-10-5-9(6-11(18)7-10)15(20)8-13-12-3-1-2-4-14(12)19-16(13)21/h1-8H,(H,19,21). The molecule has 0 radical (unpaired) electrons. The lowest BCUT2D eigenvalue weighted by Crippen LogP contribution is -2.06. The molecular formula is C16H9F2NO2. The molecule has 2 aromatic carbocycles. The molecule has 21 heavy (non-hydrogen) atoms. The van der Waals surface area contributed by atoms with Gasteiger partial charge in [0.1, 0.15) is 11.6 Å². The molecule has 5 heteroatoms. The summed E-state index contributed by atoms with van der Waals surface area (Å²) < 4.78 is 26.3. The first kappa shape index (κ1) is 13.2. The summed E-state index contributed by atoms with van der Waals surface area (Å²) in [5, 5.41) is 2.62. The van der Waals surface area contributed by atoms with E-state index in [-0.39, 0.29) is 11.1 Å². The van der Waals surface area contributed by atoms with Crippen LogP contribution in [0, 0.1) is 11.6 Å². The Morgan fingerprint density at radius 2 is 1.71 bits per heavy atom. The average molecular weight is 285 g/mol. The van der Waals surface area contributed by atoms with Crippen molar-refractivity contribution in [3.8, 4) is 0 Å². The van der Waals surface area contributed by atoms with Crippen LogP contribution in [0.5, 0.6) is 0 Å². The lowest BCUT2D eigenvalue weighted by Gasteiger charge is -1.99. The Hall–Kier alpha value is -2.82. The summed E-state index contributed by atoms with van der Waals surface area (Å²) in [7, 11) is 0. The quantitative estimate of drug-likeness (QED) is 0.680. The first-order valence-corrected chi connectivity index (χ1v) is 6.17. The highest BCUT2D eigenvalue weighted by molar-refractivity contribution is 6.35. The molecule has 1 aliphatic rings. The minimum atomic E-state index is -0.840. The van der Waals surface area contributed by atoms with Crippen molar-refractivity contribution in [3.05, 3.63) is 71.3 Å². The average Bonchev–Trinajstić information content (AvgIpc) is 2.74. The Labute approximate surface area is 118 Å². The lowest BCUT2D eigenvalue weighted by atomic mass is 10.0. The smallest absolute Gasteiger partial charge is 0.256 e. The van der Waals surface area contributed by atoms with Gasteiger partial charge < -0.3 is 5.32 Å². The van der Waals surface area contributed by atoms with E-state index in [1.807, 2.05) is 0 Å². The van der Waals surface area contributed by atoms with Crippen molar-refractivity contribution in [2.45, 2.75) is 0 Å². The van der Waals surface area contributed by atoms with Gasteiger partial charge in [-0.3, -0.25) is 9.59 Å². The van der Waals surface area contributed by atoms with Crippen molar-refractivity contribution in [1.29, 1.82) is 0 Å². The maximum Gasteiger partial charge on any atom is 0.256 e. The maximum absolute atomic E-state index is 13.1. The van der Waals surface area contributed by atoms with Crippen LogP contribution < -0.4 is 5.32 Å². The molecule has 1 aliphatic heterocycles. The maximum atomic E-state index is 13.1. The summed E-state index contributed by atoms with van der Waals surface area (Å²) >= 11 is 0. The molecular weight excluding hydrogens is 276 g/mol. The van der Waals surface area contributed by atoms with Crippen LogP contribution in [0.3, 0.4) is 0 Å². The van der Waals surface area contributed by atoms with E-state index in [2.05, 4.69) is 5.32 Å². The molecule has 3 nitrogen and oxygen atoms in total. The molecule has 104 valence electrons. The van der Waals surface area contributed by atoms with Crippen molar-refractivity contribution < 1.29 is 18.4 Å². The number of anilines is 1. The van der Waals surface area contributed by atoms with E-state index < -0.39 is 23.3 Å². The van der Waals surface area contributed by atoms with E-state index in [1.54, 1.807) is 24.3 Å². The number of benzene rings is 2. The fourth-order valence-corrected chi connectivity index (χ4v) is 2.19. The molecule has 0 aromatic heterocycles. The van der Waals surface area contributed by atoms with Crippen molar-refractivity contribution in [3.63, 3.8) is 0 Å². The van der Waals surface area contributed by atoms with Gasteiger partial charge in [0.25, 0.3) is 5.91 Å². The number of hydrogen-bond acceptors (Lipinski definition) is 2. The predicted molar refractivity (Wildman–Crippen MR) is 73.7 cm³/mol. The summed E-state index contributed by atoms with van der Waals surface area (Å²) in [4.78, 5) is 23.9. The number of nitrogens with one attached hydrogen (secondary N) is 1. The molecule has 0 saturated heterocycles. The van der Waals surface area contributed by atoms with E-state index in [9.17, 15) is 18.4 Å². The largest absolute Gasteiger partial charge is 0.321 e. The van der Waals surface area contributed by atoms with E-state index in [0.29, 0.717) is 17.3 Å². The third kappa shape index (κ3) is 2.45. The number of allylic oxidation sites excluding steroid dienone is 1. The van der Waals surface area contributed by atoms with E-state index in [4.69, 9.17) is 0 Å². The molecule has 2 aromatic rings. The molecule has 1 heterocycles. The third-order valence-electron chi connectivity index (χ3n) is 3.13. The zero-order valence-corrected chi connectivity index (χ0v) is 10.7. The highest BCUT2D eigenvalue weighted by atomic mass is 19.1. The number of fused-ring (bicyclic) bond motifs is 1. The number of carbonyl (C=O) groups excluding carboxylic acids is 2. The molecule has 0 fully saturated rings. The van der Waals surface area contributed by atoms with Crippen molar-refractivity contribution in [2.75, 3.05) is 5.32 Å². The van der Waals surface area contributed by atoms with Gasteiger partial charge in [0.05, 0.1) is 5.57 Å². The first-order chi connectivity index (χ1) is 10.0. The van der Waals surface area contributed by atoms with Crippen LogP contribution in [-0.4, -0.2) is 11.7 Å². The molecule has 1 N–H and O–H groups in total. The number of rotatable bonds is 2. The fourth-order valence-electron chi connectivity index (χ4n) is 2.19. The number of hydrogen-bond donors (Lipinski definition) is 1. The Morgan fingerprint density at radius 1 is 1.05 bits per heavy atom. The van der Waals surface area contributed by atoms with E-state index >= 15 is 0 Å². The van der Waals surface area contributed by atoms with Gasteiger partial charge in [0, 0.05) is 22.9 Å². The highest BCUT2D eigenvalue weighted by Gasteiger charge is 2.24. The fraction of sp³-hybridized carbons (Fsp3) is 0. The molecule has 0 spiro atoms. The minimum Gasteiger partial charge on any atom is -0.321 e. The van der Waals surface area contributed by atoms with E-state index in [1.165, 1.54) is 0 Å². The molecule has 0 atom stereocenters. The van der Waals surface area contributed by atoms with Gasteiger partial charge >= 0.3 is 0 Å². The number of ketones is 1. The zero-order valence-electron chi connectivity index (χ0n) is 10.7. The van der Waals surface area contributed by atoms with Crippen LogP contribution in [-0.2, 0) is 4.79 Å². The summed E-state index contributed by atoms with van der Waals surface area (Å²) in [6, 6.07) is 9.44. The van der Waals surface area contributed by atoms with Crippen LogP contribution in [0.15, 0.2) is 48.5 Å². The predicted octanol–water partition coefficient (Wildman–Crippen LogP) is 3.18. The minimum absolute atomic E-state index is 0.141. The van der Waals surface area contributed by atoms with Gasteiger partial charge in [-0.15, -0.1) is 0 Å². The lowest BCUT2D eigenvalue weighted by molar-refractivity contribution is -0.110. The molecule has 1 amide bonds. The highest BCUT2D eigenvalue weighted by Crippen LogP contribution is 2.31. The van der Waals surface area contributed by atoms with Gasteiger partial charge in [-0.2, -0.15) is 0 Å². The Balaban J connectivity index is 2.02. The summed E-state index contributed by atoms with van der Waals surface area (Å²) in [5.41, 5.74) is 1.23. The van der Waals surface area contributed by atoms with Gasteiger partial charge in [0.2, 0.25) is 0 Å². The van der Waals surface area contributed by atoms with Gasteiger partial charge in [0.15, 0.2) is 5.78 Å². The third-order valence-corrected chi connectivity index (χ3v) is 3.13. The van der Waals surface area contributed by atoms with Gasteiger partial charge in [-0.25, -0.2) is 8.78 Å². The molecule has 3 rings (SSSR count). The molecule has 0 bridgehead atoms. The number of halogens is 2. The van der Waals surface area contributed by atoms with Gasteiger partial charge in [-0.05, 0) is 24.3 Å². The second kappa shape index (κ2) is 4.94. The second-order valence-corrected chi connectivity index (χ2v) is 4.58. The van der Waals surface area contributed by atoms with Crippen LogP contribution in [0.4, 0.5) is 14.5 Å².